The Bertz CT molecular complexity index is 458. The molecule has 1 spiro atoms. The van der Waals surface area contributed by atoms with Gasteiger partial charge in [0, 0.05) is 18.6 Å². The third-order valence-electron chi connectivity index (χ3n) is 4.80. The molecule has 104 valence electrons. The van der Waals surface area contributed by atoms with Gasteiger partial charge in [-0.2, -0.15) is 0 Å². The first kappa shape index (κ1) is 12.6. The highest BCUT2D eigenvalue weighted by Gasteiger charge is 2.63. The molecule has 0 aromatic carbocycles. The molecule has 1 N–H and O–H groups in total. The fraction of sp³-hybridized carbons (Fsp3) is 0.769. The van der Waals surface area contributed by atoms with Gasteiger partial charge in [-0.05, 0) is 39.7 Å². The average Bonchev–Trinajstić information content (AvgIpc) is 3.13. The average molecular weight is 265 g/mol. The van der Waals surface area contributed by atoms with Crippen LogP contribution in [0, 0.1) is 5.41 Å². The number of hydrogen-bond donors (Lipinski definition) is 1. The molecule has 1 aliphatic carbocycles. The maximum atomic E-state index is 12.4. The summed E-state index contributed by atoms with van der Waals surface area (Å²) in [4.78, 5) is 39.7. The number of barbiturate groups is 1. The number of imide groups is 2. The Labute approximate surface area is 112 Å². The van der Waals surface area contributed by atoms with Crippen LogP contribution in [-0.4, -0.2) is 53.3 Å². The number of piperidine rings is 1. The number of hydrogen-bond acceptors (Lipinski definition) is 4. The molecule has 6 heteroatoms. The maximum Gasteiger partial charge on any atom is 0.331 e. The number of nitrogens with one attached hydrogen (secondary N) is 1. The summed E-state index contributed by atoms with van der Waals surface area (Å²) in [7, 11) is 2.05. The van der Waals surface area contributed by atoms with Gasteiger partial charge in [-0.1, -0.05) is 0 Å². The fourth-order valence-electron chi connectivity index (χ4n) is 3.09. The third-order valence-corrected chi connectivity index (χ3v) is 4.80. The lowest BCUT2D eigenvalue weighted by Gasteiger charge is -2.42. The van der Waals surface area contributed by atoms with Crippen LogP contribution in [0.2, 0.25) is 0 Å². The van der Waals surface area contributed by atoms with Gasteiger partial charge < -0.3 is 4.90 Å². The van der Waals surface area contributed by atoms with Gasteiger partial charge in [-0.3, -0.25) is 19.8 Å². The quantitative estimate of drug-likeness (QED) is 0.694. The molecular formula is C13H19N3O3. The summed E-state index contributed by atoms with van der Waals surface area (Å²) in [6, 6.07) is -0.273. The van der Waals surface area contributed by atoms with Gasteiger partial charge in [0.05, 0.1) is 0 Å². The zero-order valence-electron chi connectivity index (χ0n) is 11.3. The zero-order valence-corrected chi connectivity index (χ0v) is 11.3. The van der Waals surface area contributed by atoms with Gasteiger partial charge in [0.2, 0.25) is 11.8 Å². The van der Waals surface area contributed by atoms with E-state index in [1.807, 2.05) is 7.05 Å². The normalized spacial score (nSPS) is 34.6. The summed E-state index contributed by atoms with van der Waals surface area (Å²) < 4.78 is 0. The Morgan fingerprint density at radius 2 is 1.95 bits per heavy atom. The van der Waals surface area contributed by atoms with Crippen LogP contribution >= 0.6 is 0 Å². The fourth-order valence-corrected chi connectivity index (χ4v) is 3.09. The van der Waals surface area contributed by atoms with E-state index in [1.54, 1.807) is 0 Å². The monoisotopic (exact) mass is 265 g/mol. The second-order valence-corrected chi connectivity index (χ2v) is 6.02. The van der Waals surface area contributed by atoms with Crippen LogP contribution in [0.5, 0.6) is 0 Å². The minimum atomic E-state index is -0.916. The molecule has 19 heavy (non-hydrogen) atoms. The second-order valence-electron chi connectivity index (χ2n) is 6.02. The van der Waals surface area contributed by atoms with Crippen molar-refractivity contribution in [3.8, 4) is 0 Å². The van der Waals surface area contributed by atoms with Crippen molar-refractivity contribution < 1.29 is 14.4 Å². The topological polar surface area (TPSA) is 69.7 Å². The molecule has 0 bridgehead atoms. The number of urea groups is 1. The van der Waals surface area contributed by atoms with E-state index in [0.717, 1.165) is 19.4 Å². The molecule has 6 nitrogen and oxygen atoms in total. The summed E-state index contributed by atoms with van der Waals surface area (Å²) in [6.07, 6.45) is 2.71. The summed E-state index contributed by atoms with van der Waals surface area (Å²) in [5.74, 6) is -0.678. The van der Waals surface area contributed by atoms with E-state index in [1.165, 1.54) is 4.90 Å². The lowest BCUT2D eigenvalue weighted by atomic mass is 9.94. The number of rotatable bonds is 1. The van der Waals surface area contributed by atoms with Crippen LogP contribution in [0.1, 0.15) is 32.6 Å². The second kappa shape index (κ2) is 4.03. The van der Waals surface area contributed by atoms with Gasteiger partial charge in [0.1, 0.15) is 5.41 Å². The van der Waals surface area contributed by atoms with E-state index in [9.17, 15) is 14.4 Å². The molecular weight excluding hydrogens is 246 g/mol. The standard InChI is InChI=1S/C13H19N3O3/c1-8-7-9(3-6-15(8)2)16-11(18)13(4-5-13)10(17)14-12(16)19/h8-9H,3-7H2,1-2H3,(H,14,17,19). The van der Waals surface area contributed by atoms with Crippen molar-refractivity contribution in [2.24, 2.45) is 5.41 Å². The molecule has 2 unspecified atom stereocenters. The highest BCUT2D eigenvalue weighted by atomic mass is 16.2. The summed E-state index contributed by atoms with van der Waals surface area (Å²) in [5, 5.41) is 2.35. The SMILES string of the molecule is CC1CC(N2C(=O)NC(=O)C3(CC3)C2=O)CCN1C. The zero-order chi connectivity index (χ0) is 13.8. The van der Waals surface area contributed by atoms with Crippen molar-refractivity contribution in [2.75, 3.05) is 13.6 Å². The number of amides is 4. The van der Waals surface area contributed by atoms with E-state index >= 15 is 0 Å². The van der Waals surface area contributed by atoms with E-state index in [4.69, 9.17) is 0 Å². The predicted octanol–water partition coefficient (Wildman–Crippen LogP) is 0.328. The molecule has 0 radical (unpaired) electrons. The van der Waals surface area contributed by atoms with Gasteiger partial charge in [-0.25, -0.2) is 4.79 Å². The largest absolute Gasteiger partial charge is 0.331 e. The van der Waals surface area contributed by atoms with Crippen LogP contribution in [0.25, 0.3) is 0 Å². The van der Waals surface area contributed by atoms with E-state index in [-0.39, 0.29) is 11.9 Å². The molecule has 4 amide bonds. The Hall–Kier alpha value is -1.43. The van der Waals surface area contributed by atoms with Crippen molar-refractivity contribution in [3.05, 3.63) is 0 Å². The van der Waals surface area contributed by atoms with E-state index < -0.39 is 17.4 Å². The Balaban J connectivity index is 1.82. The van der Waals surface area contributed by atoms with Crippen molar-refractivity contribution >= 4 is 17.8 Å². The maximum absolute atomic E-state index is 12.4. The molecule has 2 aliphatic heterocycles. The van der Waals surface area contributed by atoms with Crippen LogP contribution in [-0.2, 0) is 9.59 Å². The van der Waals surface area contributed by atoms with Crippen LogP contribution in [0.3, 0.4) is 0 Å². The van der Waals surface area contributed by atoms with Gasteiger partial charge >= 0.3 is 6.03 Å². The Kier molecular flexibility index (Phi) is 2.67. The Morgan fingerprint density at radius 1 is 1.26 bits per heavy atom. The molecule has 2 heterocycles. The lowest BCUT2D eigenvalue weighted by Crippen LogP contribution is -2.63. The van der Waals surface area contributed by atoms with Crippen molar-refractivity contribution in [2.45, 2.75) is 44.7 Å². The Morgan fingerprint density at radius 3 is 2.53 bits per heavy atom. The molecule has 2 saturated heterocycles. The molecule has 2 atom stereocenters. The third kappa shape index (κ3) is 1.77. The molecule has 3 rings (SSSR count). The summed E-state index contributed by atoms with van der Waals surface area (Å²) >= 11 is 0. The summed E-state index contributed by atoms with van der Waals surface area (Å²) in [6.45, 7) is 2.96. The van der Waals surface area contributed by atoms with E-state index in [2.05, 4.69) is 17.1 Å². The number of carbonyl (C=O) groups is 3. The number of nitrogens with zero attached hydrogens (tertiary/aromatic N) is 2. The van der Waals surface area contributed by atoms with Crippen molar-refractivity contribution in [1.29, 1.82) is 0 Å². The van der Waals surface area contributed by atoms with Crippen LogP contribution in [0.15, 0.2) is 0 Å². The molecule has 3 fully saturated rings. The van der Waals surface area contributed by atoms with Gasteiger partial charge in [0.25, 0.3) is 0 Å². The molecule has 1 saturated carbocycles. The molecule has 0 aromatic heterocycles. The van der Waals surface area contributed by atoms with Gasteiger partial charge in [-0.15, -0.1) is 0 Å². The minimum absolute atomic E-state index is 0.0794. The van der Waals surface area contributed by atoms with Crippen LogP contribution < -0.4 is 5.32 Å². The molecule has 0 aromatic rings. The number of carbonyl (C=O) groups excluding carboxylic acids is 3. The van der Waals surface area contributed by atoms with Crippen LogP contribution in [0.4, 0.5) is 4.79 Å². The first-order chi connectivity index (χ1) is 8.95. The highest BCUT2D eigenvalue weighted by molar-refractivity contribution is 6.21. The minimum Gasteiger partial charge on any atom is -0.304 e. The van der Waals surface area contributed by atoms with Gasteiger partial charge in [0.15, 0.2) is 0 Å². The number of likely N-dealkylation sites (tertiary alicyclic amines) is 1. The van der Waals surface area contributed by atoms with Crippen molar-refractivity contribution in [1.82, 2.24) is 15.1 Å². The predicted molar refractivity (Wildman–Crippen MR) is 67.2 cm³/mol. The van der Waals surface area contributed by atoms with Crippen molar-refractivity contribution in [3.63, 3.8) is 0 Å². The molecule has 3 aliphatic rings. The van der Waals surface area contributed by atoms with E-state index in [0.29, 0.717) is 18.9 Å². The summed E-state index contributed by atoms with van der Waals surface area (Å²) in [5.41, 5.74) is -0.916. The first-order valence-electron chi connectivity index (χ1n) is 6.85. The first-order valence-corrected chi connectivity index (χ1v) is 6.85. The lowest BCUT2D eigenvalue weighted by molar-refractivity contribution is -0.146. The highest BCUT2D eigenvalue weighted by Crippen LogP contribution is 2.49. The smallest absolute Gasteiger partial charge is 0.304 e.